The van der Waals surface area contributed by atoms with Crippen LogP contribution in [0.5, 0.6) is 0 Å². The summed E-state index contributed by atoms with van der Waals surface area (Å²) in [5.41, 5.74) is 3.81. The highest BCUT2D eigenvalue weighted by molar-refractivity contribution is 5.34. The van der Waals surface area contributed by atoms with Gasteiger partial charge < -0.3 is 0 Å². The van der Waals surface area contributed by atoms with Crippen LogP contribution in [0.1, 0.15) is 22.9 Å². The summed E-state index contributed by atoms with van der Waals surface area (Å²) in [6.07, 6.45) is 0.181. The van der Waals surface area contributed by atoms with E-state index < -0.39 is 0 Å². The van der Waals surface area contributed by atoms with Crippen LogP contribution in [0.4, 0.5) is 5.69 Å². The SMILES string of the molecule is O=[N+]([O-])c1cccc(C2[NH+](Cc3ccccc3)CC[NH+]2Cc2ccccc2)c1. The fourth-order valence-corrected chi connectivity index (χ4v) is 4.28. The van der Waals surface area contributed by atoms with Gasteiger partial charge in [0.25, 0.3) is 5.69 Å². The molecule has 1 aliphatic rings. The number of quaternary nitrogens is 2. The van der Waals surface area contributed by atoms with Gasteiger partial charge in [0, 0.05) is 23.3 Å². The zero-order valence-electron chi connectivity index (χ0n) is 15.8. The third kappa shape index (κ3) is 4.11. The van der Waals surface area contributed by atoms with Gasteiger partial charge in [-0.15, -0.1) is 0 Å². The van der Waals surface area contributed by atoms with E-state index in [2.05, 4.69) is 48.5 Å². The maximum absolute atomic E-state index is 11.3. The van der Waals surface area contributed by atoms with E-state index in [1.807, 2.05) is 24.3 Å². The van der Waals surface area contributed by atoms with E-state index in [4.69, 9.17) is 0 Å². The zero-order chi connectivity index (χ0) is 19.3. The number of hydrogen-bond acceptors (Lipinski definition) is 2. The third-order valence-electron chi connectivity index (χ3n) is 5.55. The lowest BCUT2D eigenvalue weighted by Gasteiger charge is -2.24. The van der Waals surface area contributed by atoms with Crippen molar-refractivity contribution in [1.29, 1.82) is 0 Å². The number of hydrogen-bond donors (Lipinski definition) is 2. The summed E-state index contributed by atoms with van der Waals surface area (Å²) in [5.74, 6) is 0. The van der Waals surface area contributed by atoms with Crippen molar-refractivity contribution in [2.24, 2.45) is 0 Å². The number of nitrogens with one attached hydrogen (secondary N) is 2. The van der Waals surface area contributed by atoms with E-state index in [1.54, 1.807) is 12.1 Å². The Balaban J connectivity index is 1.64. The van der Waals surface area contributed by atoms with E-state index in [0.717, 1.165) is 31.7 Å². The first-order chi connectivity index (χ1) is 13.7. The Morgan fingerprint density at radius 2 is 1.32 bits per heavy atom. The molecule has 5 heteroatoms. The van der Waals surface area contributed by atoms with Crippen LogP contribution in [-0.2, 0) is 13.1 Å². The second-order valence-corrected chi connectivity index (χ2v) is 7.43. The number of nitro benzene ring substituents is 1. The molecule has 2 unspecified atom stereocenters. The topological polar surface area (TPSA) is 52.0 Å². The maximum atomic E-state index is 11.3. The molecule has 2 atom stereocenters. The Kier molecular flexibility index (Phi) is 5.46. The van der Waals surface area contributed by atoms with E-state index >= 15 is 0 Å². The highest BCUT2D eigenvalue weighted by Gasteiger charge is 2.41. The Labute approximate surface area is 165 Å². The van der Waals surface area contributed by atoms with Crippen LogP contribution >= 0.6 is 0 Å². The van der Waals surface area contributed by atoms with E-state index in [0.29, 0.717) is 0 Å². The molecule has 0 aromatic heterocycles. The molecular formula is C23H25N3O2+2. The van der Waals surface area contributed by atoms with Gasteiger partial charge in [0.15, 0.2) is 0 Å². The Hall–Kier alpha value is -3.02. The molecule has 0 bridgehead atoms. The van der Waals surface area contributed by atoms with Crippen molar-refractivity contribution in [3.05, 3.63) is 112 Å². The van der Waals surface area contributed by atoms with Crippen molar-refractivity contribution in [3.63, 3.8) is 0 Å². The lowest BCUT2D eigenvalue weighted by atomic mass is 10.1. The molecule has 0 spiro atoms. The molecule has 142 valence electrons. The van der Waals surface area contributed by atoms with Gasteiger partial charge in [-0.3, -0.25) is 19.9 Å². The highest BCUT2D eigenvalue weighted by atomic mass is 16.6. The van der Waals surface area contributed by atoms with Crippen LogP contribution in [0.2, 0.25) is 0 Å². The summed E-state index contributed by atoms with van der Waals surface area (Å²) < 4.78 is 0. The normalized spacial score (nSPS) is 21.5. The first-order valence-corrected chi connectivity index (χ1v) is 9.72. The van der Waals surface area contributed by atoms with E-state index in [9.17, 15) is 10.1 Å². The molecule has 1 fully saturated rings. The molecule has 4 rings (SSSR count). The molecular weight excluding hydrogens is 350 g/mol. The third-order valence-corrected chi connectivity index (χ3v) is 5.55. The van der Waals surface area contributed by atoms with Gasteiger partial charge >= 0.3 is 0 Å². The molecule has 0 saturated carbocycles. The van der Waals surface area contributed by atoms with Crippen molar-refractivity contribution in [1.82, 2.24) is 0 Å². The number of rotatable bonds is 6. The van der Waals surface area contributed by atoms with Gasteiger partial charge in [-0.1, -0.05) is 66.7 Å². The van der Waals surface area contributed by atoms with Crippen LogP contribution in [0.25, 0.3) is 0 Å². The fraction of sp³-hybridized carbons (Fsp3) is 0.217. The number of nitro groups is 1. The predicted molar refractivity (Wildman–Crippen MR) is 108 cm³/mol. The van der Waals surface area contributed by atoms with Crippen molar-refractivity contribution >= 4 is 5.69 Å². The highest BCUT2D eigenvalue weighted by Crippen LogP contribution is 2.16. The molecule has 1 aliphatic heterocycles. The molecule has 5 nitrogen and oxygen atoms in total. The number of nitrogens with zero attached hydrogens (tertiary/aromatic N) is 1. The average Bonchev–Trinajstić information content (AvgIpc) is 3.11. The Morgan fingerprint density at radius 1 is 0.786 bits per heavy atom. The Morgan fingerprint density at radius 3 is 1.82 bits per heavy atom. The average molecular weight is 375 g/mol. The summed E-state index contributed by atoms with van der Waals surface area (Å²) >= 11 is 0. The fourth-order valence-electron chi connectivity index (χ4n) is 4.28. The standard InChI is InChI=1S/C23H23N3O2/c27-26(28)22-13-7-12-21(16-22)23-24(17-19-8-3-1-4-9-19)14-15-25(23)18-20-10-5-2-6-11-20/h1-13,16,23H,14-15,17-18H2/p+2. The monoisotopic (exact) mass is 375 g/mol. The molecule has 28 heavy (non-hydrogen) atoms. The van der Waals surface area contributed by atoms with Gasteiger partial charge in [-0.05, 0) is 6.07 Å². The second-order valence-electron chi connectivity index (χ2n) is 7.43. The predicted octanol–water partition coefficient (Wildman–Crippen LogP) is 1.78. The molecule has 3 aromatic rings. The van der Waals surface area contributed by atoms with Gasteiger partial charge in [0.05, 0.1) is 10.5 Å². The van der Waals surface area contributed by atoms with Crippen LogP contribution < -0.4 is 9.80 Å². The van der Waals surface area contributed by atoms with Crippen LogP contribution in [0, 0.1) is 10.1 Å². The smallest absolute Gasteiger partial charge is 0.270 e. The summed E-state index contributed by atoms with van der Waals surface area (Å²) in [7, 11) is 0. The van der Waals surface area contributed by atoms with Gasteiger partial charge in [-0.2, -0.15) is 0 Å². The zero-order valence-corrected chi connectivity index (χ0v) is 15.8. The van der Waals surface area contributed by atoms with Crippen molar-refractivity contribution in [2.45, 2.75) is 19.3 Å². The molecule has 0 radical (unpaired) electrons. The molecule has 0 amide bonds. The first-order valence-electron chi connectivity index (χ1n) is 9.72. The minimum absolute atomic E-state index is 0.169. The largest absolute Gasteiger partial charge is 0.274 e. The minimum Gasteiger partial charge on any atom is -0.274 e. The summed E-state index contributed by atoms with van der Waals surface area (Å²) in [6.45, 7) is 3.94. The van der Waals surface area contributed by atoms with Crippen LogP contribution in [0.3, 0.4) is 0 Å². The first kappa shape index (κ1) is 18.3. The van der Waals surface area contributed by atoms with Crippen molar-refractivity contribution < 1.29 is 14.7 Å². The Bertz CT molecular complexity index is 881. The molecule has 1 saturated heterocycles. The number of benzene rings is 3. The van der Waals surface area contributed by atoms with Gasteiger partial charge in [-0.25, -0.2) is 0 Å². The molecule has 2 N–H and O–H groups in total. The summed E-state index contributed by atoms with van der Waals surface area (Å²) in [6, 6.07) is 28.2. The molecule has 1 heterocycles. The van der Waals surface area contributed by atoms with Crippen LogP contribution in [-0.4, -0.2) is 18.0 Å². The van der Waals surface area contributed by atoms with Gasteiger partial charge in [0.2, 0.25) is 6.17 Å². The van der Waals surface area contributed by atoms with Crippen molar-refractivity contribution in [3.8, 4) is 0 Å². The van der Waals surface area contributed by atoms with Gasteiger partial charge in [0.1, 0.15) is 26.2 Å². The second kappa shape index (κ2) is 8.33. The quantitative estimate of drug-likeness (QED) is 0.510. The van der Waals surface area contributed by atoms with E-state index in [1.165, 1.54) is 20.9 Å². The lowest BCUT2D eigenvalue weighted by Crippen LogP contribution is -3.22. The van der Waals surface area contributed by atoms with E-state index in [-0.39, 0.29) is 16.8 Å². The maximum Gasteiger partial charge on any atom is 0.270 e. The summed E-state index contributed by atoms with van der Waals surface area (Å²) in [5, 5.41) is 11.3. The summed E-state index contributed by atoms with van der Waals surface area (Å²) in [4.78, 5) is 13.9. The lowest BCUT2D eigenvalue weighted by molar-refractivity contribution is -1.09. The van der Waals surface area contributed by atoms with Crippen LogP contribution in [0.15, 0.2) is 84.9 Å². The number of non-ortho nitro benzene ring substituents is 1. The minimum atomic E-state index is -0.299. The van der Waals surface area contributed by atoms with Crippen molar-refractivity contribution in [2.75, 3.05) is 13.1 Å². The molecule has 3 aromatic carbocycles. The molecule has 0 aliphatic carbocycles.